The van der Waals surface area contributed by atoms with E-state index in [-0.39, 0.29) is 36.5 Å². The average Bonchev–Trinajstić information content (AvgIpc) is 3.42. The number of aliphatic hydroxyl groups excluding tert-OH is 1. The number of hydrogen-bond donors (Lipinski definition) is 2. The monoisotopic (exact) mass is 464 g/mol. The lowest BCUT2D eigenvalue weighted by Crippen LogP contribution is -2.44. The highest BCUT2D eigenvalue weighted by atomic mass is 16.7. The molecule has 2 aromatic heterocycles. The number of benzene rings is 1. The van der Waals surface area contributed by atoms with E-state index in [2.05, 4.69) is 0 Å². The van der Waals surface area contributed by atoms with Crippen molar-refractivity contribution in [3.05, 3.63) is 50.8 Å². The molecule has 6 rings (SSSR count). The van der Waals surface area contributed by atoms with Crippen molar-refractivity contribution in [3.8, 4) is 22.9 Å². The number of hydrogen-bond acceptors (Lipinski definition) is 8. The lowest BCUT2D eigenvalue weighted by molar-refractivity contribution is -0.172. The number of rotatable bonds is 4. The van der Waals surface area contributed by atoms with E-state index in [1.54, 1.807) is 24.5 Å². The van der Waals surface area contributed by atoms with Crippen LogP contribution in [0.1, 0.15) is 48.9 Å². The van der Waals surface area contributed by atoms with Gasteiger partial charge in [0.1, 0.15) is 6.61 Å². The van der Waals surface area contributed by atoms with E-state index >= 15 is 0 Å². The maximum absolute atomic E-state index is 13.5. The number of aliphatic hydroxyl groups is 2. The van der Waals surface area contributed by atoms with Crippen LogP contribution in [0, 0.1) is 0 Å². The first-order valence-corrected chi connectivity index (χ1v) is 11.4. The zero-order valence-electron chi connectivity index (χ0n) is 18.9. The second kappa shape index (κ2) is 7.28. The molecule has 3 aromatic rings. The quantitative estimate of drug-likeness (QED) is 0.441. The van der Waals surface area contributed by atoms with E-state index in [4.69, 9.17) is 19.2 Å². The fourth-order valence-electron chi connectivity index (χ4n) is 5.19. The highest BCUT2D eigenvalue weighted by Gasteiger charge is 2.45. The molecule has 0 amide bonds. The number of cyclic esters (lactones) is 1. The number of nitrogens with zero attached hydrogens (tertiary/aromatic N) is 2. The number of pyridine rings is 2. The molecule has 0 aliphatic carbocycles. The van der Waals surface area contributed by atoms with Crippen molar-refractivity contribution in [1.82, 2.24) is 9.55 Å². The first kappa shape index (κ1) is 21.1. The van der Waals surface area contributed by atoms with Crippen molar-refractivity contribution in [1.29, 1.82) is 0 Å². The van der Waals surface area contributed by atoms with Gasteiger partial charge in [-0.2, -0.15) is 0 Å². The van der Waals surface area contributed by atoms with Gasteiger partial charge in [-0.15, -0.1) is 0 Å². The first-order valence-electron chi connectivity index (χ1n) is 11.4. The van der Waals surface area contributed by atoms with E-state index in [1.807, 2.05) is 12.1 Å². The zero-order chi connectivity index (χ0) is 23.8. The van der Waals surface area contributed by atoms with Gasteiger partial charge >= 0.3 is 5.97 Å². The molecule has 3 aliphatic rings. The zero-order valence-corrected chi connectivity index (χ0v) is 18.9. The molecule has 0 saturated carbocycles. The van der Waals surface area contributed by atoms with Gasteiger partial charge in [0.2, 0.25) is 6.79 Å². The number of ether oxygens (including phenoxy) is 3. The van der Waals surface area contributed by atoms with Crippen LogP contribution >= 0.6 is 0 Å². The predicted molar refractivity (Wildman–Crippen MR) is 121 cm³/mol. The molecule has 9 nitrogen and oxygen atoms in total. The Bertz CT molecular complexity index is 1440. The molecule has 0 bridgehead atoms. The number of aromatic nitrogens is 2. The number of carbonyl (C=O) groups excluding carboxylic acids is 1. The molecule has 5 heterocycles. The van der Waals surface area contributed by atoms with Gasteiger partial charge < -0.3 is 29.0 Å². The van der Waals surface area contributed by atoms with Crippen LogP contribution in [0.5, 0.6) is 11.5 Å². The van der Waals surface area contributed by atoms with Crippen molar-refractivity contribution >= 4 is 16.9 Å². The summed E-state index contributed by atoms with van der Waals surface area (Å²) in [6, 6.07) is 5.43. The third kappa shape index (κ3) is 2.83. The molecule has 34 heavy (non-hydrogen) atoms. The molecule has 0 unspecified atom stereocenters. The molecule has 0 radical (unpaired) electrons. The van der Waals surface area contributed by atoms with Crippen LogP contribution in [0.15, 0.2) is 23.0 Å². The largest absolute Gasteiger partial charge is 0.458 e. The van der Waals surface area contributed by atoms with Crippen molar-refractivity contribution in [2.75, 3.05) is 6.79 Å². The minimum Gasteiger partial charge on any atom is -0.458 e. The third-order valence-electron chi connectivity index (χ3n) is 7.11. The Morgan fingerprint density at radius 1 is 1.15 bits per heavy atom. The van der Waals surface area contributed by atoms with Gasteiger partial charge in [-0.3, -0.25) is 4.79 Å². The highest BCUT2D eigenvalue weighted by molar-refractivity contribution is 5.91. The highest BCUT2D eigenvalue weighted by Crippen LogP contribution is 2.43. The average molecular weight is 464 g/mol. The van der Waals surface area contributed by atoms with Gasteiger partial charge in [-0.1, -0.05) is 6.92 Å². The lowest BCUT2D eigenvalue weighted by Gasteiger charge is -2.31. The molecular formula is C25H24N2O7. The van der Waals surface area contributed by atoms with E-state index in [1.165, 1.54) is 0 Å². The van der Waals surface area contributed by atoms with Crippen LogP contribution in [0.2, 0.25) is 0 Å². The summed E-state index contributed by atoms with van der Waals surface area (Å²) in [6.45, 7) is 3.70. The fraction of sp³-hybridized carbons (Fsp3) is 0.400. The first-order chi connectivity index (χ1) is 16.3. The normalized spacial score (nSPS) is 20.6. The molecular weight excluding hydrogens is 440 g/mol. The van der Waals surface area contributed by atoms with Crippen LogP contribution in [0.4, 0.5) is 0 Å². The van der Waals surface area contributed by atoms with Gasteiger partial charge in [0, 0.05) is 22.6 Å². The minimum absolute atomic E-state index is 0.0862. The van der Waals surface area contributed by atoms with Gasteiger partial charge in [-0.05, 0) is 43.9 Å². The van der Waals surface area contributed by atoms with Crippen molar-refractivity contribution in [2.45, 2.75) is 58.0 Å². The Morgan fingerprint density at radius 3 is 2.65 bits per heavy atom. The maximum atomic E-state index is 13.5. The summed E-state index contributed by atoms with van der Waals surface area (Å²) in [6.07, 6.45) is 0.721. The SMILES string of the molecule is CC[C@@]1(O)C(=O)OCc2c1cc1n(c2=O)Cc2c-1nc1cc3c(cc1c2CC[C@H](C)O)OCO3. The van der Waals surface area contributed by atoms with E-state index in [9.17, 15) is 19.8 Å². The molecule has 2 N–H and O–H groups in total. The molecule has 176 valence electrons. The number of fused-ring (bicyclic) bond motifs is 6. The van der Waals surface area contributed by atoms with E-state index < -0.39 is 17.7 Å². The van der Waals surface area contributed by atoms with Gasteiger partial charge in [-0.25, -0.2) is 9.78 Å². The second-order valence-corrected chi connectivity index (χ2v) is 9.13. The van der Waals surface area contributed by atoms with Crippen molar-refractivity contribution in [2.24, 2.45) is 0 Å². The molecule has 0 spiro atoms. The third-order valence-corrected chi connectivity index (χ3v) is 7.11. The summed E-state index contributed by atoms with van der Waals surface area (Å²) in [4.78, 5) is 30.8. The standard InChI is InChI=1S/C25H24N2O7/c1-3-25(31)17-7-19-22-15(9-27(19)23(29)16(17)10-32-24(25)30)13(5-4-12(2)28)14-6-20-21(34-11-33-20)8-18(14)26-22/h6-8,12,28,31H,3-5,9-11H2,1-2H3/t12-,25-/m0/s1. The van der Waals surface area contributed by atoms with E-state index in [0.717, 1.165) is 16.5 Å². The minimum atomic E-state index is -1.87. The number of esters is 1. The fourth-order valence-corrected chi connectivity index (χ4v) is 5.19. The Balaban J connectivity index is 1.62. The lowest BCUT2D eigenvalue weighted by atomic mass is 9.86. The topological polar surface area (TPSA) is 120 Å². The summed E-state index contributed by atoms with van der Waals surface area (Å²) in [7, 11) is 0. The van der Waals surface area contributed by atoms with Crippen LogP contribution in [-0.2, 0) is 34.7 Å². The molecule has 2 atom stereocenters. The Labute approximate surface area is 194 Å². The summed E-state index contributed by atoms with van der Waals surface area (Å²) < 4.78 is 17.9. The van der Waals surface area contributed by atoms with Crippen LogP contribution in [-0.4, -0.2) is 38.6 Å². The Kier molecular flexibility index (Phi) is 4.53. The summed E-state index contributed by atoms with van der Waals surface area (Å²) >= 11 is 0. The van der Waals surface area contributed by atoms with Crippen LogP contribution < -0.4 is 15.0 Å². The van der Waals surface area contributed by atoms with Gasteiger partial charge in [0.05, 0.1) is 35.1 Å². The number of carbonyl (C=O) groups is 1. The molecule has 3 aliphatic heterocycles. The summed E-state index contributed by atoms with van der Waals surface area (Å²) in [5.41, 5.74) is 2.14. The van der Waals surface area contributed by atoms with Gasteiger partial charge in [0.15, 0.2) is 17.1 Å². The summed E-state index contributed by atoms with van der Waals surface area (Å²) in [5.74, 6) is 0.492. The number of aryl methyl sites for hydroxylation is 1. The summed E-state index contributed by atoms with van der Waals surface area (Å²) in [5, 5.41) is 21.9. The van der Waals surface area contributed by atoms with E-state index in [0.29, 0.717) is 47.8 Å². The Morgan fingerprint density at radius 2 is 1.91 bits per heavy atom. The smallest absolute Gasteiger partial charge is 0.343 e. The van der Waals surface area contributed by atoms with Crippen molar-refractivity contribution in [3.63, 3.8) is 0 Å². The van der Waals surface area contributed by atoms with Crippen molar-refractivity contribution < 1.29 is 29.2 Å². The van der Waals surface area contributed by atoms with Crippen LogP contribution in [0.3, 0.4) is 0 Å². The Hall–Kier alpha value is -3.43. The second-order valence-electron chi connectivity index (χ2n) is 9.13. The predicted octanol–water partition coefficient (Wildman–Crippen LogP) is 2.12. The molecule has 1 aromatic carbocycles. The van der Waals surface area contributed by atoms with Gasteiger partial charge in [0.25, 0.3) is 5.56 Å². The molecule has 0 fully saturated rings. The molecule has 0 saturated heterocycles. The maximum Gasteiger partial charge on any atom is 0.343 e. The molecule has 9 heteroatoms. The van der Waals surface area contributed by atoms with Crippen LogP contribution in [0.25, 0.3) is 22.3 Å².